The van der Waals surface area contributed by atoms with Gasteiger partial charge in [-0.25, -0.2) is 13.1 Å². The minimum absolute atomic E-state index is 0.0237. The maximum absolute atomic E-state index is 13.3. The first-order valence-electron chi connectivity index (χ1n) is 8.68. The summed E-state index contributed by atoms with van der Waals surface area (Å²) in [5.41, 5.74) is 0.910. The molecule has 0 spiro atoms. The highest BCUT2D eigenvalue weighted by atomic mass is 35.5. The molecule has 142 valence electrons. The molecular formula is C20H20ClNO4S. The third kappa shape index (κ3) is 3.57. The monoisotopic (exact) mass is 405 g/mol. The summed E-state index contributed by atoms with van der Waals surface area (Å²) in [6, 6.07) is 14.4. The highest BCUT2D eigenvalue weighted by Crippen LogP contribution is 2.37. The van der Waals surface area contributed by atoms with Gasteiger partial charge in [0.05, 0.1) is 0 Å². The zero-order valence-corrected chi connectivity index (χ0v) is 16.4. The first-order chi connectivity index (χ1) is 12.8. The molecule has 1 fully saturated rings. The number of hydrogen-bond acceptors (Lipinski definition) is 4. The Morgan fingerprint density at radius 3 is 2.30 bits per heavy atom. The molecule has 0 heterocycles. The number of carbonyl (C=O) groups excluding carboxylic acids is 2. The molecule has 1 saturated carbocycles. The summed E-state index contributed by atoms with van der Waals surface area (Å²) >= 11 is 5.86. The maximum atomic E-state index is 13.3. The van der Waals surface area contributed by atoms with E-state index in [1.807, 2.05) is 6.07 Å². The Morgan fingerprint density at radius 2 is 1.74 bits per heavy atom. The van der Waals surface area contributed by atoms with E-state index in [0.717, 1.165) is 5.56 Å². The predicted molar refractivity (Wildman–Crippen MR) is 104 cm³/mol. The van der Waals surface area contributed by atoms with Gasteiger partial charge in [-0.15, -0.1) is 0 Å². The normalized spacial score (nSPS) is 21.2. The van der Waals surface area contributed by atoms with Gasteiger partial charge in [-0.2, -0.15) is 0 Å². The third-order valence-corrected chi connectivity index (χ3v) is 7.40. The Hall–Kier alpha value is -2.02. The van der Waals surface area contributed by atoms with Crippen LogP contribution in [0.1, 0.15) is 48.1 Å². The van der Waals surface area contributed by atoms with E-state index in [-0.39, 0.29) is 18.4 Å². The van der Waals surface area contributed by atoms with Crippen molar-refractivity contribution in [1.29, 1.82) is 0 Å². The van der Waals surface area contributed by atoms with Gasteiger partial charge < -0.3 is 0 Å². The van der Waals surface area contributed by atoms with Crippen LogP contribution in [0.3, 0.4) is 0 Å². The van der Waals surface area contributed by atoms with Crippen molar-refractivity contribution in [3.8, 4) is 0 Å². The molecule has 27 heavy (non-hydrogen) atoms. The van der Waals surface area contributed by atoms with Gasteiger partial charge >= 0.3 is 0 Å². The Kier molecular flexibility index (Phi) is 5.51. The van der Waals surface area contributed by atoms with Gasteiger partial charge in [0.1, 0.15) is 0 Å². The van der Waals surface area contributed by atoms with E-state index in [2.05, 4.69) is 4.72 Å². The van der Waals surface area contributed by atoms with Gasteiger partial charge in [0.2, 0.25) is 14.8 Å². The first kappa shape index (κ1) is 19.7. The van der Waals surface area contributed by atoms with E-state index in [9.17, 15) is 18.0 Å². The van der Waals surface area contributed by atoms with Crippen LogP contribution in [0.25, 0.3) is 0 Å². The van der Waals surface area contributed by atoms with Crippen LogP contribution < -0.4 is 4.72 Å². The molecule has 0 saturated heterocycles. The predicted octanol–water partition coefficient (Wildman–Crippen LogP) is 3.70. The average Bonchev–Trinajstić information content (AvgIpc) is 3.05. The molecule has 3 rings (SSSR count). The lowest BCUT2D eigenvalue weighted by molar-refractivity contribution is -0.118. The SMILES string of the molecule is C[C@@H](NS(=O)(=O)C1(C(=O)c2ccc(Cl)cc2)CCCC1=O)c1ccccc1. The van der Waals surface area contributed by atoms with Crippen LogP contribution >= 0.6 is 11.6 Å². The Morgan fingerprint density at radius 1 is 1.11 bits per heavy atom. The molecule has 0 aliphatic heterocycles. The van der Waals surface area contributed by atoms with Gasteiger partial charge in [-0.3, -0.25) is 9.59 Å². The molecule has 1 N–H and O–H groups in total. The molecule has 5 nitrogen and oxygen atoms in total. The minimum atomic E-state index is -4.26. The van der Waals surface area contributed by atoms with E-state index in [1.165, 1.54) is 24.3 Å². The van der Waals surface area contributed by atoms with Crippen LogP contribution in [0.4, 0.5) is 0 Å². The van der Waals surface area contributed by atoms with Crippen molar-refractivity contribution in [2.45, 2.75) is 37.0 Å². The fraction of sp³-hybridized carbons (Fsp3) is 0.300. The van der Waals surface area contributed by atoms with E-state index < -0.39 is 32.4 Å². The Labute approximate surface area is 163 Å². The molecule has 0 radical (unpaired) electrons. The van der Waals surface area contributed by atoms with Crippen molar-refractivity contribution in [2.24, 2.45) is 0 Å². The average molecular weight is 406 g/mol. The van der Waals surface area contributed by atoms with Crippen molar-refractivity contribution in [2.75, 3.05) is 0 Å². The summed E-state index contributed by atoms with van der Waals surface area (Å²) in [6.45, 7) is 1.69. The zero-order valence-electron chi connectivity index (χ0n) is 14.8. The lowest BCUT2D eigenvalue weighted by atomic mass is 9.94. The molecule has 7 heteroatoms. The number of ketones is 2. The number of benzene rings is 2. The largest absolute Gasteiger partial charge is 0.297 e. The number of nitrogens with one attached hydrogen (secondary N) is 1. The van der Waals surface area contributed by atoms with Gasteiger partial charge in [0, 0.05) is 23.0 Å². The fourth-order valence-electron chi connectivity index (χ4n) is 3.46. The summed E-state index contributed by atoms with van der Waals surface area (Å²) in [5.74, 6) is -1.26. The van der Waals surface area contributed by atoms with E-state index >= 15 is 0 Å². The second-order valence-corrected chi connectivity index (χ2v) is 9.07. The summed E-state index contributed by atoms with van der Waals surface area (Å²) < 4.78 is 27.0. The van der Waals surface area contributed by atoms with Crippen LogP contribution in [0.5, 0.6) is 0 Å². The molecular weight excluding hydrogens is 386 g/mol. The number of halogens is 1. The first-order valence-corrected chi connectivity index (χ1v) is 10.5. The smallest absolute Gasteiger partial charge is 0.232 e. The van der Waals surface area contributed by atoms with Crippen LogP contribution in [-0.4, -0.2) is 24.7 Å². The quantitative estimate of drug-likeness (QED) is 0.587. The molecule has 1 aliphatic rings. The molecule has 2 aromatic rings. The van der Waals surface area contributed by atoms with Crippen LogP contribution in [0.2, 0.25) is 5.02 Å². The van der Waals surface area contributed by atoms with Crippen LogP contribution in [0.15, 0.2) is 54.6 Å². The lowest BCUT2D eigenvalue weighted by Gasteiger charge is -2.28. The summed E-state index contributed by atoms with van der Waals surface area (Å²) in [4.78, 5) is 25.8. The molecule has 1 unspecified atom stereocenters. The molecule has 0 amide bonds. The fourth-order valence-corrected chi connectivity index (χ4v) is 5.57. The topological polar surface area (TPSA) is 80.3 Å². The second-order valence-electron chi connectivity index (χ2n) is 6.69. The number of hydrogen-bond donors (Lipinski definition) is 1. The van der Waals surface area contributed by atoms with Crippen LogP contribution in [-0.2, 0) is 14.8 Å². The molecule has 0 aromatic heterocycles. The van der Waals surface area contributed by atoms with Gasteiger partial charge in [-0.05, 0) is 49.6 Å². The van der Waals surface area contributed by atoms with Crippen molar-refractivity contribution in [1.82, 2.24) is 4.72 Å². The number of Topliss-reactive ketones (excluding diaryl/α,β-unsaturated/α-hetero) is 2. The highest BCUT2D eigenvalue weighted by molar-refractivity contribution is 7.92. The molecule has 1 aliphatic carbocycles. The molecule has 0 bridgehead atoms. The second kappa shape index (κ2) is 7.54. The Balaban J connectivity index is 2.00. The zero-order chi connectivity index (χ0) is 19.7. The lowest BCUT2D eigenvalue weighted by Crippen LogP contribution is -2.55. The maximum Gasteiger partial charge on any atom is 0.232 e. The van der Waals surface area contributed by atoms with Crippen molar-refractivity contribution < 1.29 is 18.0 Å². The molecule has 2 atom stereocenters. The third-order valence-electron chi connectivity index (χ3n) is 4.95. The summed E-state index contributed by atoms with van der Waals surface area (Å²) in [5, 5.41) is 0.428. The summed E-state index contributed by atoms with van der Waals surface area (Å²) in [6.07, 6.45) is 0.406. The Bertz CT molecular complexity index is 957. The number of sulfonamides is 1. The van der Waals surface area contributed by atoms with Crippen molar-refractivity contribution in [3.63, 3.8) is 0 Å². The molecule has 2 aromatic carbocycles. The van der Waals surface area contributed by atoms with Crippen molar-refractivity contribution >= 4 is 33.2 Å². The van der Waals surface area contributed by atoms with E-state index in [0.29, 0.717) is 11.4 Å². The van der Waals surface area contributed by atoms with E-state index in [1.54, 1.807) is 31.2 Å². The standard InChI is InChI=1S/C20H20ClNO4S/c1-14(15-6-3-2-4-7-15)22-27(25,26)20(13-5-8-18(20)23)19(24)16-9-11-17(21)12-10-16/h2-4,6-7,9-12,14,22H,5,8,13H2,1H3/t14-,20?/m1/s1. The van der Waals surface area contributed by atoms with Gasteiger partial charge in [0.25, 0.3) is 0 Å². The van der Waals surface area contributed by atoms with E-state index in [4.69, 9.17) is 11.6 Å². The van der Waals surface area contributed by atoms with Gasteiger partial charge in [0.15, 0.2) is 11.6 Å². The summed E-state index contributed by atoms with van der Waals surface area (Å²) in [7, 11) is -4.26. The minimum Gasteiger partial charge on any atom is -0.297 e. The number of rotatable bonds is 6. The van der Waals surface area contributed by atoms with Crippen LogP contribution in [0, 0.1) is 0 Å². The van der Waals surface area contributed by atoms with Crippen molar-refractivity contribution in [3.05, 3.63) is 70.7 Å². The highest BCUT2D eigenvalue weighted by Gasteiger charge is 2.59. The van der Waals surface area contributed by atoms with Gasteiger partial charge in [-0.1, -0.05) is 41.9 Å². The number of carbonyl (C=O) groups is 2.